The molecule has 66 valence electrons. The van der Waals surface area contributed by atoms with Crippen molar-refractivity contribution in [2.75, 3.05) is 0 Å². The third-order valence-corrected chi connectivity index (χ3v) is 1.05. The number of hydrogen-bond acceptors (Lipinski definition) is 1. The predicted octanol–water partition coefficient (Wildman–Crippen LogP) is 3.20. The van der Waals surface area contributed by atoms with E-state index in [1.165, 1.54) is 0 Å². The van der Waals surface area contributed by atoms with Gasteiger partial charge in [0.1, 0.15) is 0 Å². The minimum absolute atomic E-state index is 0.273. The van der Waals surface area contributed by atoms with E-state index in [0.29, 0.717) is 0 Å². The summed E-state index contributed by atoms with van der Waals surface area (Å²) in [5, 5.41) is 0. The molecular formula is C9H18FN. The highest BCUT2D eigenvalue weighted by atomic mass is 19.1. The fourth-order valence-electron chi connectivity index (χ4n) is 0.462. The van der Waals surface area contributed by atoms with E-state index in [0.717, 1.165) is 0 Å². The molecule has 0 radical (unpaired) electrons. The lowest BCUT2D eigenvalue weighted by Crippen LogP contribution is -2.21. The molecule has 0 heterocycles. The second-order valence-corrected chi connectivity index (χ2v) is 4.82. The first-order valence-electron chi connectivity index (χ1n) is 3.89. The number of halogens is 1. The molecule has 0 rings (SSSR count). The quantitative estimate of drug-likeness (QED) is 0.481. The van der Waals surface area contributed by atoms with Gasteiger partial charge in [-0.3, -0.25) is 4.99 Å². The summed E-state index contributed by atoms with van der Waals surface area (Å²) in [5.41, 5.74) is -0.759. The highest BCUT2D eigenvalue weighted by molar-refractivity contribution is 5.80. The Hall–Kier alpha value is -0.400. The smallest absolute Gasteiger partial charge is 0.190 e. The van der Waals surface area contributed by atoms with E-state index < -0.39 is 5.41 Å². The van der Waals surface area contributed by atoms with Crippen molar-refractivity contribution in [3.8, 4) is 0 Å². The van der Waals surface area contributed by atoms with Gasteiger partial charge in [-0.25, -0.2) is 0 Å². The molecule has 0 aliphatic heterocycles. The summed E-state index contributed by atoms with van der Waals surface area (Å²) in [7, 11) is 0. The molecule has 0 saturated heterocycles. The Morgan fingerprint density at radius 1 is 1.00 bits per heavy atom. The lowest BCUT2D eigenvalue weighted by molar-refractivity contribution is 0.483. The van der Waals surface area contributed by atoms with E-state index in [1.807, 2.05) is 41.5 Å². The largest absolute Gasteiger partial charge is 0.255 e. The van der Waals surface area contributed by atoms with Gasteiger partial charge in [-0.2, -0.15) is 4.39 Å². The second-order valence-electron chi connectivity index (χ2n) is 4.82. The Morgan fingerprint density at radius 2 is 1.36 bits per heavy atom. The number of aliphatic imine (C=N–C) groups is 1. The molecule has 0 fully saturated rings. The van der Waals surface area contributed by atoms with E-state index in [4.69, 9.17) is 0 Å². The van der Waals surface area contributed by atoms with E-state index >= 15 is 0 Å². The lowest BCUT2D eigenvalue weighted by atomic mass is 9.97. The molecule has 0 aliphatic rings. The zero-order valence-corrected chi connectivity index (χ0v) is 8.33. The maximum absolute atomic E-state index is 13.2. The van der Waals surface area contributed by atoms with Crippen LogP contribution in [0.25, 0.3) is 0 Å². The van der Waals surface area contributed by atoms with Gasteiger partial charge in [0.25, 0.3) is 0 Å². The van der Waals surface area contributed by atoms with Crippen molar-refractivity contribution in [3.05, 3.63) is 0 Å². The van der Waals surface area contributed by atoms with Crippen LogP contribution in [0.1, 0.15) is 41.5 Å². The molecule has 11 heavy (non-hydrogen) atoms. The first-order valence-corrected chi connectivity index (χ1v) is 3.89. The summed E-state index contributed by atoms with van der Waals surface area (Å²) in [4.78, 5) is 3.93. The molecule has 0 unspecified atom stereocenters. The van der Waals surface area contributed by atoms with Crippen molar-refractivity contribution in [3.63, 3.8) is 0 Å². The van der Waals surface area contributed by atoms with Gasteiger partial charge in [-0.05, 0) is 20.8 Å². The van der Waals surface area contributed by atoms with E-state index in [1.54, 1.807) is 0 Å². The van der Waals surface area contributed by atoms with Crippen molar-refractivity contribution in [2.24, 2.45) is 10.4 Å². The molecule has 0 saturated carbocycles. The average molecular weight is 159 g/mol. The monoisotopic (exact) mass is 159 g/mol. The molecular weight excluding hydrogens is 141 g/mol. The van der Waals surface area contributed by atoms with Gasteiger partial charge < -0.3 is 0 Å². The van der Waals surface area contributed by atoms with Crippen LogP contribution >= 0.6 is 0 Å². The molecule has 0 amide bonds. The minimum Gasteiger partial charge on any atom is -0.255 e. The Bertz CT molecular complexity index is 157. The van der Waals surface area contributed by atoms with E-state index in [2.05, 4.69) is 4.99 Å². The van der Waals surface area contributed by atoms with Gasteiger partial charge in [0, 0.05) is 5.41 Å². The Morgan fingerprint density at radius 3 is 1.45 bits per heavy atom. The molecule has 0 atom stereocenters. The van der Waals surface area contributed by atoms with Crippen LogP contribution in [-0.2, 0) is 0 Å². The second kappa shape index (κ2) is 2.92. The van der Waals surface area contributed by atoms with E-state index in [9.17, 15) is 4.39 Å². The molecule has 2 heteroatoms. The van der Waals surface area contributed by atoms with Crippen molar-refractivity contribution in [1.82, 2.24) is 0 Å². The van der Waals surface area contributed by atoms with Crippen LogP contribution in [-0.4, -0.2) is 11.5 Å². The van der Waals surface area contributed by atoms with Crippen molar-refractivity contribution >= 4 is 5.97 Å². The lowest BCUT2D eigenvalue weighted by Gasteiger charge is -2.19. The minimum atomic E-state index is -0.451. The van der Waals surface area contributed by atoms with Crippen LogP contribution in [0.4, 0.5) is 4.39 Å². The first-order chi connectivity index (χ1) is 4.63. The zero-order chi connectivity index (χ0) is 9.28. The highest BCUT2D eigenvalue weighted by Crippen LogP contribution is 2.20. The zero-order valence-electron chi connectivity index (χ0n) is 8.33. The number of nitrogens with zero attached hydrogens (tertiary/aromatic N) is 1. The predicted molar refractivity (Wildman–Crippen MR) is 47.8 cm³/mol. The van der Waals surface area contributed by atoms with Gasteiger partial charge in [0.05, 0.1) is 5.54 Å². The van der Waals surface area contributed by atoms with Crippen molar-refractivity contribution in [2.45, 2.75) is 47.1 Å². The summed E-state index contributed by atoms with van der Waals surface area (Å²) < 4.78 is 13.2. The standard InChI is InChI=1S/C9H18FN/c1-8(2,3)7(10)11-9(4,5)6/h1-6H3/b11-7+. The topological polar surface area (TPSA) is 12.4 Å². The number of rotatable bonds is 0. The summed E-state index contributed by atoms with van der Waals surface area (Å²) >= 11 is 0. The third-order valence-electron chi connectivity index (χ3n) is 1.05. The van der Waals surface area contributed by atoms with Gasteiger partial charge >= 0.3 is 0 Å². The van der Waals surface area contributed by atoms with Gasteiger partial charge in [0.15, 0.2) is 5.97 Å². The number of hydrogen-bond donors (Lipinski definition) is 0. The normalized spacial score (nSPS) is 15.4. The molecule has 1 nitrogen and oxygen atoms in total. The van der Waals surface area contributed by atoms with Gasteiger partial charge in [0.2, 0.25) is 0 Å². The Kier molecular flexibility index (Phi) is 2.81. The molecule has 0 N–H and O–H groups in total. The highest BCUT2D eigenvalue weighted by Gasteiger charge is 2.21. The molecule has 0 spiro atoms. The SMILES string of the molecule is CC(C)(C)/N=C(/F)C(C)(C)C. The molecule has 0 aromatic carbocycles. The Balaban J connectivity index is 4.49. The van der Waals surface area contributed by atoms with Crippen LogP contribution in [0.2, 0.25) is 0 Å². The summed E-state index contributed by atoms with van der Waals surface area (Å²) in [6, 6.07) is 0. The molecule has 0 aliphatic carbocycles. The van der Waals surface area contributed by atoms with Crippen LogP contribution in [0.15, 0.2) is 4.99 Å². The van der Waals surface area contributed by atoms with Crippen molar-refractivity contribution in [1.29, 1.82) is 0 Å². The van der Waals surface area contributed by atoms with Crippen LogP contribution in [0.3, 0.4) is 0 Å². The van der Waals surface area contributed by atoms with Gasteiger partial charge in [-0.1, -0.05) is 20.8 Å². The van der Waals surface area contributed by atoms with Crippen LogP contribution in [0.5, 0.6) is 0 Å². The summed E-state index contributed by atoms with van der Waals surface area (Å²) in [6.45, 7) is 11.1. The maximum atomic E-state index is 13.2. The molecule has 0 aromatic heterocycles. The fourth-order valence-corrected chi connectivity index (χ4v) is 0.462. The molecule has 0 bridgehead atoms. The molecule has 0 aromatic rings. The van der Waals surface area contributed by atoms with Crippen LogP contribution < -0.4 is 0 Å². The third kappa shape index (κ3) is 4.93. The fraction of sp³-hybridized carbons (Fsp3) is 0.889. The average Bonchev–Trinajstić information content (AvgIpc) is 1.56. The van der Waals surface area contributed by atoms with Crippen molar-refractivity contribution < 1.29 is 4.39 Å². The van der Waals surface area contributed by atoms with Crippen LogP contribution in [0, 0.1) is 5.41 Å². The Labute approximate surface area is 68.7 Å². The van der Waals surface area contributed by atoms with Gasteiger partial charge in [-0.15, -0.1) is 0 Å². The van der Waals surface area contributed by atoms with E-state index in [-0.39, 0.29) is 11.5 Å². The summed E-state index contributed by atoms with van der Waals surface area (Å²) in [6.07, 6.45) is 0. The maximum Gasteiger partial charge on any atom is 0.190 e. The first kappa shape index (κ1) is 10.6. The summed E-state index contributed by atoms with van der Waals surface area (Å²) in [5.74, 6) is -0.273.